The van der Waals surface area contributed by atoms with Crippen LogP contribution in [0.15, 0.2) is 39.0 Å². The number of anilines is 1. The van der Waals surface area contributed by atoms with Gasteiger partial charge in [-0.1, -0.05) is 6.07 Å². The molecule has 0 aliphatic heterocycles. The van der Waals surface area contributed by atoms with Gasteiger partial charge < -0.3 is 5.32 Å². The van der Waals surface area contributed by atoms with Crippen molar-refractivity contribution in [3.05, 3.63) is 44.6 Å². The quantitative estimate of drug-likeness (QED) is 0.843. The van der Waals surface area contributed by atoms with Crippen LogP contribution in [0.25, 0.3) is 0 Å². The van der Waals surface area contributed by atoms with Gasteiger partial charge in [0.25, 0.3) is 0 Å². The predicted molar refractivity (Wildman–Crippen MR) is 86.8 cm³/mol. The molecule has 1 aromatic carbocycles. The molecular formula is C13H15BrN2O2S2. The van der Waals surface area contributed by atoms with Gasteiger partial charge in [-0.05, 0) is 59.0 Å². The second kappa shape index (κ2) is 6.26. The van der Waals surface area contributed by atoms with E-state index in [0.717, 1.165) is 15.7 Å². The summed E-state index contributed by atoms with van der Waals surface area (Å²) in [5.41, 5.74) is 1.83. The topological polar surface area (TPSA) is 58.2 Å². The number of hydrogen-bond donors (Lipinski definition) is 2. The van der Waals surface area contributed by atoms with Gasteiger partial charge in [0.15, 0.2) is 0 Å². The molecular weight excluding hydrogens is 360 g/mol. The average Bonchev–Trinajstić information content (AvgIpc) is 2.83. The van der Waals surface area contributed by atoms with Crippen LogP contribution in [0.3, 0.4) is 0 Å². The molecule has 0 saturated carbocycles. The van der Waals surface area contributed by atoms with Crippen LogP contribution in [-0.4, -0.2) is 15.5 Å². The molecule has 20 heavy (non-hydrogen) atoms. The molecule has 7 heteroatoms. The van der Waals surface area contributed by atoms with E-state index in [4.69, 9.17) is 0 Å². The van der Waals surface area contributed by atoms with Gasteiger partial charge in [-0.2, -0.15) is 0 Å². The summed E-state index contributed by atoms with van der Waals surface area (Å²) < 4.78 is 27.0. The van der Waals surface area contributed by atoms with Gasteiger partial charge in [0, 0.05) is 15.0 Å². The number of nitrogens with one attached hydrogen (secondary N) is 2. The molecule has 1 heterocycles. The third kappa shape index (κ3) is 3.41. The van der Waals surface area contributed by atoms with Crippen molar-refractivity contribution in [3.63, 3.8) is 0 Å². The fourth-order valence-corrected chi connectivity index (χ4v) is 3.89. The molecule has 2 rings (SSSR count). The number of aryl methyl sites for hydroxylation is 1. The third-order valence-corrected chi connectivity index (χ3v) is 6.26. The molecule has 0 radical (unpaired) electrons. The highest BCUT2D eigenvalue weighted by Gasteiger charge is 2.13. The van der Waals surface area contributed by atoms with Gasteiger partial charge >= 0.3 is 0 Å². The maximum absolute atomic E-state index is 11.8. The Bertz CT molecular complexity index is 711. The van der Waals surface area contributed by atoms with Crippen molar-refractivity contribution in [1.29, 1.82) is 0 Å². The van der Waals surface area contributed by atoms with Crippen LogP contribution in [0.5, 0.6) is 0 Å². The zero-order valence-corrected chi connectivity index (χ0v) is 14.3. The zero-order chi connectivity index (χ0) is 14.8. The van der Waals surface area contributed by atoms with Gasteiger partial charge in [0.2, 0.25) is 10.0 Å². The van der Waals surface area contributed by atoms with E-state index < -0.39 is 10.0 Å². The maximum Gasteiger partial charge on any atom is 0.240 e. The average molecular weight is 375 g/mol. The van der Waals surface area contributed by atoms with Gasteiger partial charge in [-0.25, -0.2) is 13.1 Å². The van der Waals surface area contributed by atoms with Crippen LogP contribution in [0.2, 0.25) is 0 Å². The maximum atomic E-state index is 11.8. The Morgan fingerprint density at radius 2 is 2.05 bits per heavy atom. The number of hydrogen-bond acceptors (Lipinski definition) is 4. The lowest BCUT2D eigenvalue weighted by Crippen LogP contribution is -2.18. The zero-order valence-electron chi connectivity index (χ0n) is 11.1. The van der Waals surface area contributed by atoms with Crippen LogP contribution in [0.4, 0.5) is 5.69 Å². The monoisotopic (exact) mass is 374 g/mol. The predicted octanol–water partition coefficient (Wildman–Crippen LogP) is 3.34. The van der Waals surface area contributed by atoms with Crippen molar-refractivity contribution < 1.29 is 8.42 Å². The Kier molecular flexibility index (Phi) is 4.85. The normalized spacial score (nSPS) is 11.6. The number of rotatable bonds is 5. The highest BCUT2D eigenvalue weighted by atomic mass is 79.9. The smallest absolute Gasteiger partial charge is 0.240 e. The first kappa shape index (κ1) is 15.5. The van der Waals surface area contributed by atoms with Crippen molar-refractivity contribution in [3.8, 4) is 0 Å². The van der Waals surface area contributed by atoms with Crippen molar-refractivity contribution in [2.24, 2.45) is 0 Å². The Hall–Kier alpha value is -0.890. The lowest BCUT2D eigenvalue weighted by Gasteiger charge is -2.11. The summed E-state index contributed by atoms with van der Waals surface area (Å²) in [6, 6.07) is 7.06. The molecule has 0 saturated heterocycles. The first-order chi connectivity index (χ1) is 9.44. The molecule has 0 unspecified atom stereocenters. The van der Waals surface area contributed by atoms with Crippen LogP contribution in [0.1, 0.15) is 10.4 Å². The van der Waals surface area contributed by atoms with E-state index in [-0.39, 0.29) is 4.90 Å². The second-order valence-electron chi connectivity index (χ2n) is 4.23. The minimum absolute atomic E-state index is 0.262. The van der Waals surface area contributed by atoms with Gasteiger partial charge in [-0.3, -0.25) is 0 Å². The molecule has 0 aliphatic carbocycles. The van der Waals surface area contributed by atoms with Crippen molar-refractivity contribution >= 4 is 43.0 Å². The summed E-state index contributed by atoms with van der Waals surface area (Å²) in [6.45, 7) is 2.60. The van der Waals surface area contributed by atoms with E-state index in [1.54, 1.807) is 29.5 Å². The summed E-state index contributed by atoms with van der Waals surface area (Å²) in [7, 11) is -2.01. The lowest BCUT2D eigenvalue weighted by atomic mass is 10.2. The van der Waals surface area contributed by atoms with Crippen LogP contribution < -0.4 is 10.0 Å². The van der Waals surface area contributed by atoms with E-state index in [2.05, 4.69) is 26.0 Å². The summed E-state index contributed by atoms with van der Waals surface area (Å²) >= 11 is 5.13. The van der Waals surface area contributed by atoms with E-state index in [9.17, 15) is 8.42 Å². The lowest BCUT2D eigenvalue weighted by molar-refractivity contribution is 0.588. The fourth-order valence-electron chi connectivity index (χ4n) is 1.70. The Balaban J connectivity index is 2.24. The molecule has 0 atom stereocenters. The molecule has 0 amide bonds. The summed E-state index contributed by atoms with van der Waals surface area (Å²) in [5.74, 6) is 0. The fraction of sp³-hybridized carbons (Fsp3) is 0.231. The summed E-state index contributed by atoms with van der Waals surface area (Å²) in [4.78, 5) is 1.43. The highest BCUT2D eigenvalue weighted by molar-refractivity contribution is 9.10. The van der Waals surface area contributed by atoms with Gasteiger partial charge in [0.05, 0.1) is 11.4 Å². The van der Waals surface area contributed by atoms with E-state index in [0.29, 0.717) is 6.54 Å². The van der Waals surface area contributed by atoms with E-state index in [1.807, 2.05) is 18.4 Å². The largest absolute Gasteiger partial charge is 0.380 e. The highest BCUT2D eigenvalue weighted by Crippen LogP contribution is 2.25. The molecule has 108 valence electrons. The SMILES string of the molecule is CNS(=O)(=O)c1ccc(C)c(NCc2sccc2Br)c1. The number of thiophene rings is 1. The molecule has 0 bridgehead atoms. The van der Waals surface area contributed by atoms with Crippen molar-refractivity contribution in [2.45, 2.75) is 18.4 Å². The van der Waals surface area contributed by atoms with Gasteiger partial charge in [0.1, 0.15) is 0 Å². The first-order valence-electron chi connectivity index (χ1n) is 5.94. The Labute approximate surface area is 131 Å². The summed E-state index contributed by atoms with van der Waals surface area (Å²) in [5, 5.41) is 5.29. The molecule has 0 aliphatic rings. The molecule has 0 fully saturated rings. The van der Waals surface area contributed by atoms with Crippen molar-refractivity contribution in [2.75, 3.05) is 12.4 Å². The summed E-state index contributed by atoms with van der Waals surface area (Å²) in [6.07, 6.45) is 0. The Morgan fingerprint density at radius 3 is 2.65 bits per heavy atom. The molecule has 2 N–H and O–H groups in total. The van der Waals surface area contributed by atoms with Crippen LogP contribution >= 0.6 is 27.3 Å². The van der Waals surface area contributed by atoms with E-state index >= 15 is 0 Å². The first-order valence-corrected chi connectivity index (χ1v) is 9.09. The minimum Gasteiger partial charge on any atom is -0.380 e. The molecule has 1 aromatic heterocycles. The van der Waals surface area contributed by atoms with E-state index in [1.165, 1.54) is 11.9 Å². The number of sulfonamides is 1. The third-order valence-electron chi connectivity index (χ3n) is 2.92. The molecule has 2 aromatic rings. The minimum atomic E-state index is -3.41. The van der Waals surface area contributed by atoms with Gasteiger partial charge in [-0.15, -0.1) is 11.3 Å². The number of halogens is 1. The second-order valence-corrected chi connectivity index (χ2v) is 7.97. The van der Waals surface area contributed by atoms with Crippen LogP contribution in [0, 0.1) is 6.92 Å². The van der Waals surface area contributed by atoms with Crippen LogP contribution in [-0.2, 0) is 16.6 Å². The Morgan fingerprint density at radius 1 is 1.30 bits per heavy atom. The van der Waals surface area contributed by atoms with Crippen molar-refractivity contribution in [1.82, 2.24) is 4.72 Å². The molecule has 4 nitrogen and oxygen atoms in total. The molecule has 0 spiro atoms. The standard InChI is InChI=1S/C13H15BrN2O2S2/c1-9-3-4-10(20(17,18)15-2)7-12(9)16-8-13-11(14)5-6-19-13/h3-7,15-16H,8H2,1-2H3. The number of benzene rings is 1.